The first-order valence-corrected chi connectivity index (χ1v) is 7.49. The molecular weight excluding hydrogens is 324 g/mol. The zero-order valence-electron chi connectivity index (χ0n) is 13.7. The number of nitrogens with zero attached hydrogens (tertiary/aromatic N) is 5. The van der Waals surface area contributed by atoms with Crippen LogP contribution in [0.4, 0.5) is 11.4 Å². The summed E-state index contributed by atoms with van der Waals surface area (Å²) in [6.45, 7) is 2.25. The van der Waals surface area contributed by atoms with Crippen molar-refractivity contribution in [3.63, 3.8) is 0 Å². The van der Waals surface area contributed by atoms with Gasteiger partial charge in [-0.3, -0.25) is 10.1 Å². The summed E-state index contributed by atoms with van der Waals surface area (Å²) in [6.07, 6.45) is 0. The number of tetrazole rings is 1. The van der Waals surface area contributed by atoms with Crippen LogP contribution in [0.1, 0.15) is 11.4 Å². The van der Waals surface area contributed by atoms with E-state index in [0.29, 0.717) is 12.4 Å². The van der Waals surface area contributed by atoms with E-state index in [-0.39, 0.29) is 11.4 Å². The number of rotatable bonds is 6. The SMILES string of the molecule is COc1ccc(CNc2cccc(-n3nnnc3C)c2)cc1[N+](=O)[O-]. The van der Waals surface area contributed by atoms with Crippen LogP contribution in [0.15, 0.2) is 42.5 Å². The third-order valence-corrected chi connectivity index (χ3v) is 3.65. The second kappa shape index (κ2) is 6.95. The van der Waals surface area contributed by atoms with Crippen molar-refractivity contribution in [2.75, 3.05) is 12.4 Å². The summed E-state index contributed by atoms with van der Waals surface area (Å²) in [7, 11) is 1.41. The number of benzene rings is 2. The molecule has 3 aromatic rings. The van der Waals surface area contributed by atoms with Crippen LogP contribution in [-0.4, -0.2) is 32.2 Å². The fourth-order valence-corrected chi connectivity index (χ4v) is 2.41. The number of nitro groups is 1. The average molecular weight is 340 g/mol. The predicted octanol–water partition coefficient (Wildman–Crippen LogP) is 2.50. The molecule has 3 rings (SSSR count). The van der Waals surface area contributed by atoms with Crippen molar-refractivity contribution >= 4 is 11.4 Å². The maximum Gasteiger partial charge on any atom is 0.311 e. The molecular formula is C16H16N6O3. The van der Waals surface area contributed by atoms with Gasteiger partial charge in [0, 0.05) is 18.3 Å². The summed E-state index contributed by atoms with van der Waals surface area (Å²) in [5, 5.41) is 25.8. The molecule has 0 aliphatic rings. The molecule has 0 radical (unpaired) electrons. The van der Waals surface area contributed by atoms with E-state index in [9.17, 15) is 10.1 Å². The average Bonchev–Trinajstić information content (AvgIpc) is 3.06. The van der Waals surface area contributed by atoms with Gasteiger partial charge < -0.3 is 10.1 Å². The molecule has 1 N–H and O–H groups in total. The highest BCUT2D eigenvalue weighted by molar-refractivity contribution is 5.53. The van der Waals surface area contributed by atoms with Gasteiger partial charge >= 0.3 is 5.69 Å². The number of ether oxygens (including phenoxy) is 1. The van der Waals surface area contributed by atoms with E-state index in [1.807, 2.05) is 31.2 Å². The van der Waals surface area contributed by atoms with Gasteiger partial charge in [0.05, 0.1) is 17.7 Å². The van der Waals surface area contributed by atoms with Crippen molar-refractivity contribution in [1.29, 1.82) is 0 Å². The van der Waals surface area contributed by atoms with E-state index in [0.717, 1.165) is 16.9 Å². The van der Waals surface area contributed by atoms with Gasteiger partial charge in [0.15, 0.2) is 11.6 Å². The fourth-order valence-electron chi connectivity index (χ4n) is 2.41. The van der Waals surface area contributed by atoms with Crippen LogP contribution in [-0.2, 0) is 6.54 Å². The molecule has 1 aromatic heterocycles. The first-order chi connectivity index (χ1) is 12.1. The summed E-state index contributed by atoms with van der Waals surface area (Å²) < 4.78 is 6.64. The lowest BCUT2D eigenvalue weighted by molar-refractivity contribution is -0.385. The van der Waals surface area contributed by atoms with Gasteiger partial charge in [-0.25, -0.2) is 0 Å². The van der Waals surface area contributed by atoms with Crippen LogP contribution >= 0.6 is 0 Å². The Kier molecular flexibility index (Phi) is 4.55. The molecule has 9 heteroatoms. The topological polar surface area (TPSA) is 108 Å². The minimum atomic E-state index is -0.455. The number of nitro benzene ring substituents is 1. The first-order valence-electron chi connectivity index (χ1n) is 7.49. The van der Waals surface area contributed by atoms with E-state index in [2.05, 4.69) is 20.8 Å². The fraction of sp³-hybridized carbons (Fsp3) is 0.188. The molecule has 0 aliphatic carbocycles. The second-order valence-electron chi connectivity index (χ2n) is 5.31. The smallest absolute Gasteiger partial charge is 0.311 e. The lowest BCUT2D eigenvalue weighted by Crippen LogP contribution is -2.03. The summed E-state index contributed by atoms with van der Waals surface area (Å²) in [4.78, 5) is 10.6. The van der Waals surface area contributed by atoms with Crippen LogP contribution in [0.2, 0.25) is 0 Å². The van der Waals surface area contributed by atoms with Crippen LogP contribution in [0.25, 0.3) is 5.69 Å². The normalized spacial score (nSPS) is 10.5. The molecule has 9 nitrogen and oxygen atoms in total. The molecule has 1 heterocycles. The number of hydrogen-bond acceptors (Lipinski definition) is 7. The van der Waals surface area contributed by atoms with Crippen molar-refractivity contribution in [2.24, 2.45) is 0 Å². The van der Waals surface area contributed by atoms with E-state index >= 15 is 0 Å². The Morgan fingerprint density at radius 2 is 2.12 bits per heavy atom. The van der Waals surface area contributed by atoms with E-state index in [1.54, 1.807) is 16.8 Å². The largest absolute Gasteiger partial charge is 0.490 e. The van der Waals surface area contributed by atoms with Gasteiger partial charge in [0.1, 0.15) is 0 Å². The summed E-state index contributed by atoms with van der Waals surface area (Å²) in [6, 6.07) is 12.5. The molecule has 0 fully saturated rings. The minimum absolute atomic E-state index is 0.0557. The lowest BCUT2D eigenvalue weighted by atomic mass is 10.1. The van der Waals surface area contributed by atoms with Crippen molar-refractivity contribution in [3.8, 4) is 11.4 Å². The zero-order valence-corrected chi connectivity index (χ0v) is 13.7. The number of anilines is 1. The van der Waals surface area contributed by atoms with Crippen LogP contribution in [0, 0.1) is 17.0 Å². The molecule has 0 amide bonds. The highest BCUT2D eigenvalue weighted by Crippen LogP contribution is 2.28. The number of hydrogen-bond donors (Lipinski definition) is 1. The molecule has 0 aliphatic heterocycles. The number of nitrogens with one attached hydrogen (secondary N) is 1. The van der Waals surface area contributed by atoms with Crippen molar-refractivity contribution < 1.29 is 9.66 Å². The molecule has 0 atom stereocenters. The maximum atomic E-state index is 11.1. The third kappa shape index (κ3) is 3.55. The lowest BCUT2D eigenvalue weighted by Gasteiger charge is -2.09. The molecule has 0 unspecified atom stereocenters. The highest BCUT2D eigenvalue weighted by atomic mass is 16.6. The molecule has 2 aromatic carbocycles. The van der Waals surface area contributed by atoms with E-state index in [1.165, 1.54) is 13.2 Å². The number of aryl methyl sites for hydroxylation is 1. The zero-order chi connectivity index (χ0) is 17.8. The Bertz CT molecular complexity index is 908. The molecule has 0 saturated heterocycles. The summed E-state index contributed by atoms with van der Waals surface area (Å²) in [5.41, 5.74) is 2.40. The minimum Gasteiger partial charge on any atom is -0.490 e. The predicted molar refractivity (Wildman–Crippen MR) is 90.9 cm³/mol. The van der Waals surface area contributed by atoms with Crippen molar-refractivity contribution in [2.45, 2.75) is 13.5 Å². The number of methoxy groups -OCH3 is 1. The molecule has 0 spiro atoms. The second-order valence-corrected chi connectivity index (χ2v) is 5.31. The molecule has 128 valence electrons. The van der Waals surface area contributed by atoms with Gasteiger partial charge in [0.2, 0.25) is 0 Å². The van der Waals surface area contributed by atoms with Gasteiger partial charge in [0.25, 0.3) is 0 Å². The monoisotopic (exact) mass is 340 g/mol. The quantitative estimate of drug-likeness (QED) is 0.542. The van der Waals surface area contributed by atoms with Gasteiger partial charge in [-0.2, -0.15) is 4.68 Å². The van der Waals surface area contributed by atoms with Crippen molar-refractivity contribution in [3.05, 3.63) is 64.0 Å². The van der Waals surface area contributed by atoms with Crippen LogP contribution < -0.4 is 10.1 Å². The standard InChI is InChI=1S/C16H16N6O3/c1-11-18-19-20-21(11)14-5-3-4-13(9-14)17-10-12-6-7-16(25-2)15(8-12)22(23)24/h3-9,17H,10H2,1-2H3. The van der Waals surface area contributed by atoms with Crippen LogP contribution in [0.3, 0.4) is 0 Å². The Balaban J connectivity index is 1.77. The maximum absolute atomic E-state index is 11.1. The van der Waals surface area contributed by atoms with Gasteiger partial charge in [-0.05, 0) is 47.2 Å². The highest BCUT2D eigenvalue weighted by Gasteiger charge is 2.15. The Labute approximate surface area is 143 Å². The van der Waals surface area contributed by atoms with Gasteiger partial charge in [-0.15, -0.1) is 5.10 Å². The third-order valence-electron chi connectivity index (χ3n) is 3.65. The van der Waals surface area contributed by atoms with E-state index in [4.69, 9.17) is 4.74 Å². The molecule has 0 saturated carbocycles. The summed E-state index contributed by atoms with van der Waals surface area (Å²) in [5.74, 6) is 0.924. The van der Waals surface area contributed by atoms with Crippen molar-refractivity contribution in [1.82, 2.24) is 20.2 Å². The first kappa shape index (κ1) is 16.4. The Hall–Kier alpha value is -3.49. The molecule has 0 bridgehead atoms. The molecule has 25 heavy (non-hydrogen) atoms. The Morgan fingerprint density at radius 3 is 2.80 bits per heavy atom. The summed E-state index contributed by atoms with van der Waals surface area (Å²) >= 11 is 0. The van der Waals surface area contributed by atoms with E-state index < -0.39 is 4.92 Å². The Morgan fingerprint density at radius 1 is 1.28 bits per heavy atom. The van der Waals surface area contributed by atoms with Crippen LogP contribution in [0.5, 0.6) is 5.75 Å². The van der Waals surface area contributed by atoms with Gasteiger partial charge in [-0.1, -0.05) is 12.1 Å². The number of aromatic nitrogens is 4.